The molecule has 0 unspecified atom stereocenters. The number of nitro groups is 1. The van der Waals surface area contributed by atoms with Crippen molar-refractivity contribution in [1.82, 2.24) is 0 Å². The van der Waals surface area contributed by atoms with Crippen LogP contribution < -0.4 is 10.1 Å². The van der Waals surface area contributed by atoms with Crippen molar-refractivity contribution < 1.29 is 19.3 Å². The fourth-order valence-electron chi connectivity index (χ4n) is 2.67. The van der Waals surface area contributed by atoms with E-state index < -0.39 is 10.8 Å². The minimum absolute atomic E-state index is 0.137. The highest BCUT2D eigenvalue weighted by molar-refractivity contribution is 6.31. The van der Waals surface area contributed by atoms with Crippen molar-refractivity contribution in [2.24, 2.45) is 5.16 Å². The molecule has 142 valence electrons. The molecule has 8 nitrogen and oxygen atoms in total. The summed E-state index contributed by atoms with van der Waals surface area (Å²) in [7, 11) is 1.36. The Balaban J connectivity index is 1.61. The first-order chi connectivity index (χ1) is 13.6. The van der Waals surface area contributed by atoms with E-state index in [1.165, 1.54) is 25.3 Å². The molecule has 28 heavy (non-hydrogen) atoms. The molecule has 0 spiro atoms. The number of nitro benzene ring substituents is 1. The molecule has 0 aromatic heterocycles. The first-order valence-electron chi connectivity index (χ1n) is 8.34. The fraction of sp³-hybridized carbons (Fsp3) is 0.100. The Morgan fingerprint density at radius 2 is 1.96 bits per heavy atom. The number of hydrogen-bond donors (Lipinski definition) is 1. The summed E-state index contributed by atoms with van der Waals surface area (Å²) in [5.41, 5.74) is 1.10. The average Bonchev–Trinajstić information content (AvgIpc) is 2.71. The van der Waals surface area contributed by atoms with Gasteiger partial charge < -0.3 is 14.9 Å². The van der Waals surface area contributed by atoms with Crippen molar-refractivity contribution in [3.05, 3.63) is 76.3 Å². The van der Waals surface area contributed by atoms with Crippen LogP contribution in [0.2, 0.25) is 0 Å². The van der Waals surface area contributed by atoms with Gasteiger partial charge >= 0.3 is 0 Å². The van der Waals surface area contributed by atoms with Crippen LogP contribution in [0.3, 0.4) is 0 Å². The molecule has 0 bridgehead atoms. The molecule has 8 heteroatoms. The second kappa shape index (κ2) is 8.63. The summed E-state index contributed by atoms with van der Waals surface area (Å²) < 4.78 is 5.07. The number of nitrogens with one attached hydrogen (secondary N) is 1. The molecule has 0 saturated carbocycles. The molecule has 0 heterocycles. The normalized spacial score (nSPS) is 10.8. The fourth-order valence-corrected chi connectivity index (χ4v) is 2.67. The molecule has 1 N–H and O–H groups in total. The summed E-state index contributed by atoms with van der Waals surface area (Å²) in [4.78, 5) is 27.5. The highest BCUT2D eigenvalue weighted by Gasteiger charge is 2.12. The van der Waals surface area contributed by atoms with Crippen LogP contribution in [0.5, 0.6) is 5.75 Å². The summed E-state index contributed by atoms with van der Waals surface area (Å²) >= 11 is 0. The minimum Gasteiger partial charge on any atom is -0.494 e. The van der Waals surface area contributed by atoms with Crippen LogP contribution in [0.4, 0.5) is 11.4 Å². The Morgan fingerprint density at radius 1 is 1.18 bits per heavy atom. The minimum atomic E-state index is -0.551. The Labute approximate surface area is 160 Å². The van der Waals surface area contributed by atoms with Crippen LogP contribution in [-0.2, 0) is 16.2 Å². The third-order valence-corrected chi connectivity index (χ3v) is 4.00. The predicted molar refractivity (Wildman–Crippen MR) is 106 cm³/mol. The van der Waals surface area contributed by atoms with Gasteiger partial charge in [-0.15, -0.1) is 0 Å². The van der Waals surface area contributed by atoms with Crippen molar-refractivity contribution in [2.45, 2.75) is 6.61 Å². The number of nitrogens with zero attached hydrogens (tertiary/aromatic N) is 2. The molecule has 3 aromatic rings. The van der Waals surface area contributed by atoms with E-state index in [2.05, 4.69) is 10.5 Å². The van der Waals surface area contributed by atoms with Gasteiger partial charge in [-0.25, -0.2) is 0 Å². The highest BCUT2D eigenvalue weighted by Crippen LogP contribution is 2.28. The van der Waals surface area contributed by atoms with Crippen molar-refractivity contribution in [2.75, 3.05) is 12.4 Å². The van der Waals surface area contributed by atoms with E-state index in [9.17, 15) is 14.9 Å². The van der Waals surface area contributed by atoms with Gasteiger partial charge in [-0.05, 0) is 22.4 Å². The Morgan fingerprint density at radius 3 is 2.75 bits per heavy atom. The van der Waals surface area contributed by atoms with E-state index in [-0.39, 0.29) is 18.0 Å². The number of methoxy groups -OCH3 is 1. The number of carbonyl (C=O) groups is 1. The number of carbonyl (C=O) groups excluding carboxylic acids is 1. The number of ether oxygens (including phenoxy) is 1. The number of anilines is 1. The summed E-state index contributed by atoms with van der Waals surface area (Å²) in [6, 6.07) is 17.7. The quantitative estimate of drug-likeness (QED) is 0.381. The SMILES string of the molecule is COc1cc([N+](=O)[O-])ccc1NC(=O)/C=N\OCc1cccc2ccccc12. The predicted octanol–water partition coefficient (Wildman–Crippen LogP) is 3.90. The third kappa shape index (κ3) is 4.42. The zero-order chi connectivity index (χ0) is 19.9. The molecule has 3 aromatic carbocycles. The van der Waals surface area contributed by atoms with E-state index in [0.29, 0.717) is 5.69 Å². The molecule has 0 aliphatic heterocycles. The maximum absolute atomic E-state index is 12.0. The van der Waals surface area contributed by atoms with Gasteiger partial charge in [0, 0.05) is 6.07 Å². The van der Waals surface area contributed by atoms with Crippen LogP contribution in [0.25, 0.3) is 10.8 Å². The molecular weight excluding hydrogens is 362 g/mol. The van der Waals surface area contributed by atoms with Gasteiger partial charge in [-0.3, -0.25) is 14.9 Å². The van der Waals surface area contributed by atoms with Gasteiger partial charge in [-0.1, -0.05) is 47.6 Å². The van der Waals surface area contributed by atoms with E-state index in [0.717, 1.165) is 22.6 Å². The van der Waals surface area contributed by atoms with Gasteiger partial charge in [0.25, 0.3) is 11.6 Å². The molecule has 0 atom stereocenters. The molecule has 3 rings (SSSR count). The second-order valence-electron chi connectivity index (χ2n) is 5.78. The van der Waals surface area contributed by atoms with E-state index in [1.807, 2.05) is 42.5 Å². The maximum Gasteiger partial charge on any atom is 0.273 e. The summed E-state index contributed by atoms with van der Waals surface area (Å²) in [6.07, 6.45) is 0.992. The summed E-state index contributed by atoms with van der Waals surface area (Å²) in [5, 5.41) is 19.2. The molecule has 0 aliphatic carbocycles. The number of oxime groups is 1. The standard InChI is InChI=1S/C20H17N3O5/c1-27-19-11-16(23(25)26)9-10-18(19)22-20(24)12-21-28-13-15-7-4-6-14-5-2-3-8-17(14)15/h2-12H,13H2,1H3,(H,22,24)/b21-12-. The van der Waals surface area contributed by atoms with E-state index in [4.69, 9.17) is 9.57 Å². The molecule has 0 radical (unpaired) electrons. The number of rotatable bonds is 7. The van der Waals surface area contributed by atoms with Gasteiger partial charge in [0.15, 0.2) is 0 Å². The van der Waals surface area contributed by atoms with Crippen LogP contribution >= 0.6 is 0 Å². The Kier molecular flexibility index (Phi) is 5.81. The lowest BCUT2D eigenvalue weighted by atomic mass is 10.1. The number of amides is 1. The first kappa shape index (κ1) is 18.8. The zero-order valence-electron chi connectivity index (χ0n) is 15.0. The van der Waals surface area contributed by atoms with Gasteiger partial charge in [0.2, 0.25) is 0 Å². The summed E-state index contributed by atoms with van der Waals surface area (Å²) in [6.45, 7) is 0.214. The highest BCUT2D eigenvalue weighted by atomic mass is 16.6. The lowest BCUT2D eigenvalue weighted by Gasteiger charge is -2.08. The van der Waals surface area contributed by atoms with Crippen LogP contribution in [0.1, 0.15) is 5.56 Å². The van der Waals surface area contributed by atoms with E-state index in [1.54, 1.807) is 0 Å². The van der Waals surface area contributed by atoms with Crippen molar-refractivity contribution in [1.29, 1.82) is 0 Å². The van der Waals surface area contributed by atoms with Gasteiger partial charge in [-0.2, -0.15) is 0 Å². The lowest BCUT2D eigenvalue weighted by molar-refractivity contribution is -0.384. The first-order valence-corrected chi connectivity index (χ1v) is 8.34. The number of benzene rings is 3. The molecule has 0 fully saturated rings. The largest absolute Gasteiger partial charge is 0.494 e. The average molecular weight is 379 g/mol. The van der Waals surface area contributed by atoms with Gasteiger partial charge in [0.1, 0.15) is 18.6 Å². The van der Waals surface area contributed by atoms with Gasteiger partial charge in [0.05, 0.1) is 23.8 Å². The zero-order valence-corrected chi connectivity index (χ0v) is 15.0. The van der Waals surface area contributed by atoms with Crippen LogP contribution in [0.15, 0.2) is 65.8 Å². The molecule has 0 saturated heterocycles. The van der Waals surface area contributed by atoms with Crippen molar-refractivity contribution >= 4 is 34.3 Å². The Bertz CT molecular complexity index is 1040. The van der Waals surface area contributed by atoms with Crippen LogP contribution in [-0.4, -0.2) is 24.2 Å². The van der Waals surface area contributed by atoms with Crippen molar-refractivity contribution in [3.63, 3.8) is 0 Å². The smallest absolute Gasteiger partial charge is 0.273 e. The number of non-ortho nitro benzene ring substituents is 1. The Hall–Kier alpha value is -3.94. The topological polar surface area (TPSA) is 103 Å². The molecule has 1 amide bonds. The second-order valence-corrected chi connectivity index (χ2v) is 5.78. The van der Waals surface area contributed by atoms with Crippen molar-refractivity contribution in [3.8, 4) is 5.75 Å². The van der Waals surface area contributed by atoms with Crippen LogP contribution in [0, 0.1) is 10.1 Å². The van der Waals surface area contributed by atoms with E-state index >= 15 is 0 Å². The molecular formula is C20H17N3O5. The molecule has 0 aliphatic rings. The summed E-state index contributed by atoms with van der Waals surface area (Å²) in [5.74, 6) is -0.377. The third-order valence-electron chi connectivity index (χ3n) is 4.00. The number of hydrogen-bond acceptors (Lipinski definition) is 6. The maximum atomic E-state index is 12.0. The monoisotopic (exact) mass is 379 g/mol. The number of fused-ring (bicyclic) bond motifs is 1. The lowest BCUT2D eigenvalue weighted by Crippen LogP contribution is -2.13.